The Balaban J connectivity index is 1.74. The van der Waals surface area contributed by atoms with Crippen molar-refractivity contribution in [3.63, 3.8) is 0 Å². The summed E-state index contributed by atoms with van der Waals surface area (Å²) < 4.78 is 15.8. The number of carbonyl (C=O) groups excluding carboxylic acids is 1. The highest BCUT2D eigenvalue weighted by atomic mass is 19.1. The molecule has 7 heteroatoms. The van der Waals surface area contributed by atoms with Gasteiger partial charge in [-0.15, -0.1) is 0 Å². The van der Waals surface area contributed by atoms with Gasteiger partial charge in [-0.2, -0.15) is 9.49 Å². The van der Waals surface area contributed by atoms with Crippen LogP contribution in [-0.2, 0) is 7.05 Å². The van der Waals surface area contributed by atoms with E-state index in [1.54, 1.807) is 30.1 Å². The van der Waals surface area contributed by atoms with Crippen LogP contribution in [0, 0.1) is 5.95 Å². The second kappa shape index (κ2) is 6.23. The summed E-state index contributed by atoms with van der Waals surface area (Å²) in [4.78, 5) is 15.9. The SMILES string of the molecule is Cn1cc(NC(=O)c2ccc(C3CCNCC3)c(F)n2)cn1. The molecule has 0 radical (unpaired) electrons. The van der Waals surface area contributed by atoms with Gasteiger partial charge in [-0.25, -0.2) is 4.98 Å². The molecule has 2 N–H and O–H groups in total. The predicted molar refractivity (Wildman–Crippen MR) is 80.2 cm³/mol. The molecule has 22 heavy (non-hydrogen) atoms. The Bertz CT molecular complexity index is 678. The van der Waals surface area contributed by atoms with Crippen molar-refractivity contribution in [1.82, 2.24) is 20.1 Å². The first kappa shape index (κ1) is 14.6. The van der Waals surface area contributed by atoms with E-state index in [1.165, 1.54) is 6.20 Å². The number of hydrogen-bond donors (Lipinski definition) is 2. The summed E-state index contributed by atoms with van der Waals surface area (Å²) in [5.41, 5.74) is 1.22. The molecule has 6 nitrogen and oxygen atoms in total. The maximum absolute atomic E-state index is 14.2. The minimum atomic E-state index is -0.550. The highest BCUT2D eigenvalue weighted by Crippen LogP contribution is 2.26. The number of hydrogen-bond acceptors (Lipinski definition) is 4. The van der Waals surface area contributed by atoms with E-state index < -0.39 is 11.9 Å². The van der Waals surface area contributed by atoms with E-state index in [0.29, 0.717) is 11.3 Å². The van der Waals surface area contributed by atoms with Crippen molar-refractivity contribution in [1.29, 1.82) is 0 Å². The fraction of sp³-hybridized carbons (Fsp3) is 0.400. The van der Waals surface area contributed by atoms with E-state index in [9.17, 15) is 9.18 Å². The summed E-state index contributed by atoms with van der Waals surface area (Å²) in [5, 5.41) is 9.85. The molecule has 0 saturated carbocycles. The lowest BCUT2D eigenvalue weighted by Crippen LogP contribution is -2.27. The number of nitrogens with zero attached hydrogens (tertiary/aromatic N) is 3. The second-order valence-electron chi connectivity index (χ2n) is 5.46. The molecule has 1 amide bonds. The van der Waals surface area contributed by atoms with Crippen LogP contribution in [0.3, 0.4) is 0 Å². The molecule has 0 spiro atoms. The largest absolute Gasteiger partial charge is 0.318 e. The fourth-order valence-corrected chi connectivity index (χ4v) is 2.69. The molecule has 1 fully saturated rings. The Morgan fingerprint density at radius 2 is 2.18 bits per heavy atom. The summed E-state index contributed by atoms with van der Waals surface area (Å²) in [5.74, 6) is -0.821. The number of rotatable bonds is 3. The number of carbonyl (C=O) groups is 1. The first-order valence-corrected chi connectivity index (χ1v) is 7.30. The van der Waals surface area contributed by atoms with Gasteiger partial charge in [-0.1, -0.05) is 6.07 Å². The van der Waals surface area contributed by atoms with Gasteiger partial charge in [0.05, 0.1) is 11.9 Å². The molecule has 0 aromatic carbocycles. The molecule has 2 aromatic rings. The lowest BCUT2D eigenvalue weighted by atomic mass is 9.91. The van der Waals surface area contributed by atoms with Gasteiger partial charge in [0.25, 0.3) is 5.91 Å². The standard InChI is InChI=1S/C15H18FN5O/c1-21-9-11(8-18-21)19-15(22)13-3-2-12(14(16)20-13)10-4-6-17-7-5-10/h2-3,8-10,17H,4-7H2,1H3,(H,19,22). The van der Waals surface area contributed by atoms with Crippen LogP contribution in [0.15, 0.2) is 24.5 Å². The first-order chi connectivity index (χ1) is 10.6. The highest BCUT2D eigenvalue weighted by Gasteiger charge is 2.21. The second-order valence-corrected chi connectivity index (χ2v) is 5.46. The number of anilines is 1. The fourth-order valence-electron chi connectivity index (χ4n) is 2.69. The molecule has 1 aliphatic rings. The number of piperidine rings is 1. The number of halogens is 1. The minimum absolute atomic E-state index is 0.0686. The van der Waals surface area contributed by atoms with E-state index in [1.807, 2.05) is 0 Å². The zero-order valence-corrected chi connectivity index (χ0v) is 12.3. The van der Waals surface area contributed by atoms with Crippen molar-refractivity contribution in [3.05, 3.63) is 41.7 Å². The normalized spacial score (nSPS) is 15.7. The molecule has 2 aromatic heterocycles. The Hall–Kier alpha value is -2.28. The molecule has 0 atom stereocenters. The van der Waals surface area contributed by atoms with Crippen molar-refractivity contribution in [2.45, 2.75) is 18.8 Å². The Morgan fingerprint density at radius 1 is 1.41 bits per heavy atom. The number of aryl methyl sites for hydroxylation is 1. The van der Waals surface area contributed by atoms with Crippen LogP contribution in [-0.4, -0.2) is 33.8 Å². The lowest BCUT2D eigenvalue weighted by molar-refractivity contribution is 0.102. The number of nitrogens with one attached hydrogen (secondary N) is 2. The van der Waals surface area contributed by atoms with E-state index in [-0.39, 0.29) is 11.6 Å². The van der Waals surface area contributed by atoms with Gasteiger partial charge in [0.15, 0.2) is 0 Å². The smallest absolute Gasteiger partial charge is 0.274 e. The zero-order valence-electron chi connectivity index (χ0n) is 12.3. The van der Waals surface area contributed by atoms with Crippen molar-refractivity contribution in [2.24, 2.45) is 7.05 Å². The third kappa shape index (κ3) is 3.14. The van der Waals surface area contributed by atoms with Crippen LogP contribution in [0.2, 0.25) is 0 Å². The van der Waals surface area contributed by atoms with Crippen LogP contribution >= 0.6 is 0 Å². The quantitative estimate of drug-likeness (QED) is 0.846. The maximum atomic E-state index is 14.2. The van der Waals surface area contributed by atoms with E-state index in [2.05, 4.69) is 20.7 Å². The van der Waals surface area contributed by atoms with E-state index in [4.69, 9.17) is 0 Å². The third-order valence-electron chi connectivity index (χ3n) is 3.85. The molecule has 0 bridgehead atoms. The Morgan fingerprint density at radius 3 is 2.82 bits per heavy atom. The summed E-state index contributed by atoms with van der Waals surface area (Å²) in [6.07, 6.45) is 4.97. The number of amides is 1. The van der Waals surface area contributed by atoms with Crippen LogP contribution < -0.4 is 10.6 Å². The highest BCUT2D eigenvalue weighted by molar-refractivity contribution is 6.02. The third-order valence-corrected chi connectivity index (χ3v) is 3.85. The molecule has 0 unspecified atom stereocenters. The van der Waals surface area contributed by atoms with Crippen LogP contribution in [0.1, 0.15) is 34.8 Å². The van der Waals surface area contributed by atoms with E-state index >= 15 is 0 Å². The molecular weight excluding hydrogens is 285 g/mol. The first-order valence-electron chi connectivity index (χ1n) is 7.30. The zero-order chi connectivity index (χ0) is 15.5. The minimum Gasteiger partial charge on any atom is -0.318 e. The van der Waals surface area contributed by atoms with Crippen molar-refractivity contribution < 1.29 is 9.18 Å². The lowest BCUT2D eigenvalue weighted by Gasteiger charge is -2.23. The monoisotopic (exact) mass is 303 g/mol. The van der Waals surface area contributed by atoms with Gasteiger partial charge < -0.3 is 10.6 Å². The van der Waals surface area contributed by atoms with Gasteiger partial charge >= 0.3 is 0 Å². The molecule has 0 aliphatic carbocycles. The predicted octanol–water partition coefficient (Wildman–Crippen LogP) is 1.67. The maximum Gasteiger partial charge on any atom is 0.274 e. The average Bonchev–Trinajstić information content (AvgIpc) is 2.93. The van der Waals surface area contributed by atoms with Gasteiger partial charge in [0, 0.05) is 18.8 Å². The molecule has 3 rings (SSSR count). The summed E-state index contributed by atoms with van der Waals surface area (Å²) >= 11 is 0. The van der Waals surface area contributed by atoms with Crippen molar-refractivity contribution >= 4 is 11.6 Å². The molecule has 116 valence electrons. The molecule has 1 aliphatic heterocycles. The summed E-state index contributed by atoms with van der Waals surface area (Å²) in [6.45, 7) is 1.76. The van der Waals surface area contributed by atoms with Crippen LogP contribution in [0.25, 0.3) is 0 Å². The molecule has 3 heterocycles. The van der Waals surface area contributed by atoms with Gasteiger partial charge in [0.2, 0.25) is 5.95 Å². The molecular formula is C15H18FN5O. The van der Waals surface area contributed by atoms with Crippen molar-refractivity contribution in [2.75, 3.05) is 18.4 Å². The topological polar surface area (TPSA) is 71.8 Å². The van der Waals surface area contributed by atoms with Crippen LogP contribution in [0.4, 0.5) is 10.1 Å². The van der Waals surface area contributed by atoms with Gasteiger partial charge in [-0.3, -0.25) is 9.48 Å². The number of pyridine rings is 1. The summed E-state index contributed by atoms with van der Waals surface area (Å²) in [7, 11) is 1.75. The van der Waals surface area contributed by atoms with Crippen molar-refractivity contribution in [3.8, 4) is 0 Å². The van der Waals surface area contributed by atoms with E-state index in [0.717, 1.165) is 25.9 Å². The van der Waals surface area contributed by atoms with Gasteiger partial charge in [-0.05, 0) is 37.9 Å². The van der Waals surface area contributed by atoms with Crippen LogP contribution in [0.5, 0.6) is 0 Å². The number of aromatic nitrogens is 3. The molecule has 1 saturated heterocycles. The summed E-state index contributed by atoms with van der Waals surface area (Å²) in [6, 6.07) is 3.25. The van der Waals surface area contributed by atoms with Gasteiger partial charge in [0.1, 0.15) is 5.69 Å². The Labute approximate surface area is 127 Å². The Kier molecular flexibility index (Phi) is 4.15. The average molecular weight is 303 g/mol.